The maximum atomic E-state index is 10.6. The summed E-state index contributed by atoms with van der Waals surface area (Å²) in [5.74, 6) is -1.37. The Balaban J connectivity index is 0. The van der Waals surface area contributed by atoms with E-state index in [1.807, 2.05) is 0 Å². The van der Waals surface area contributed by atoms with Crippen molar-refractivity contribution in [2.24, 2.45) is 0 Å². The molecule has 0 amide bonds. The van der Waals surface area contributed by atoms with Crippen LogP contribution < -0.4 is 0 Å². The number of ketones is 2. The van der Waals surface area contributed by atoms with E-state index in [1.54, 1.807) is 0 Å². The zero-order chi connectivity index (χ0) is 11.6. The standard InChI is InChI=1S/C6H6Cl2O2.C2H6O2/c1-4(5(9)2-7)6(10)3-8;3-1-2-4/h1-3H2;3-4H,1-2H2. The molecule has 0 aliphatic heterocycles. The molecule has 14 heavy (non-hydrogen) atoms. The average molecular weight is 243 g/mol. The molecule has 6 heteroatoms. The minimum absolute atomic E-state index is 0.120. The van der Waals surface area contributed by atoms with Gasteiger partial charge in [0.25, 0.3) is 0 Å². The molecule has 82 valence electrons. The number of aliphatic hydroxyl groups excluding tert-OH is 2. The number of Topliss-reactive ketones (excluding diaryl/α,β-unsaturated/α-hetero) is 2. The summed E-state index contributed by atoms with van der Waals surface area (Å²) in [4.78, 5) is 21.2. The van der Waals surface area contributed by atoms with Crippen molar-refractivity contribution in [2.75, 3.05) is 25.0 Å². The molecule has 0 aromatic carbocycles. The van der Waals surface area contributed by atoms with E-state index in [9.17, 15) is 9.59 Å². The Bertz CT molecular complexity index is 184. The van der Waals surface area contributed by atoms with E-state index in [-0.39, 0.29) is 30.5 Å². The number of alkyl halides is 2. The van der Waals surface area contributed by atoms with Crippen LogP contribution in [0.3, 0.4) is 0 Å². The molecule has 0 bridgehead atoms. The van der Waals surface area contributed by atoms with Gasteiger partial charge in [-0.3, -0.25) is 9.59 Å². The van der Waals surface area contributed by atoms with Gasteiger partial charge in [0.05, 0.1) is 30.5 Å². The van der Waals surface area contributed by atoms with Gasteiger partial charge in [-0.05, 0) is 0 Å². The van der Waals surface area contributed by atoms with Gasteiger partial charge >= 0.3 is 0 Å². The van der Waals surface area contributed by atoms with Crippen molar-refractivity contribution in [1.82, 2.24) is 0 Å². The lowest BCUT2D eigenvalue weighted by Crippen LogP contribution is -2.13. The third kappa shape index (κ3) is 8.19. The summed E-state index contributed by atoms with van der Waals surface area (Å²) in [6.45, 7) is 2.98. The molecule has 0 radical (unpaired) electrons. The number of carbonyl (C=O) groups excluding carboxylic acids is 2. The first-order valence-corrected chi connectivity index (χ1v) is 4.70. The molecule has 0 aromatic rings. The first-order valence-electron chi connectivity index (χ1n) is 3.64. The highest BCUT2D eigenvalue weighted by molar-refractivity contribution is 6.39. The third-order valence-corrected chi connectivity index (χ3v) is 1.50. The second-order valence-electron chi connectivity index (χ2n) is 2.04. The maximum absolute atomic E-state index is 10.6. The molecule has 0 aromatic heterocycles. The lowest BCUT2D eigenvalue weighted by Gasteiger charge is -1.95. The van der Waals surface area contributed by atoms with Crippen molar-refractivity contribution in [3.05, 3.63) is 12.2 Å². The highest BCUT2D eigenvalue weighted by Crippen LogP contribution is 1.98. The summed E-state index contributed by atoms with van der Waals surface area (Å²) in [6.07, 6.45) is 0. The van der Waals surface area contributed by atoms with Crippen molar-refractivity contribution in [1.29, 1.82) is 0 Å². The summed E-state index contributed by atoms with van der Waals surface area (Å²) >= 11 is 10.3. The molecule has 0 rings (SSSR count). The molecule has 0 aliphatic rings. The summed E-state index contributed by atoms with van der Waals surface area (Å²) in [5, 5.41) is 15.2. The molecule has 0 saturated carbocycles. The van der Waals surface area contributed by atoms with Gasteiger partial charge in [-0.2, -0.15) is 0 Å². The number of allylic oxidation sites excluding steroid dienone is 1. The second kappa shape index (κ2) is 10.7. The molecule has 0 saturated heterocycles. The first-order chi connectivity index (χ1) is 6.54. The van der Waals surface area contributed by atoms with Gasteiger partial charge in [0.15, 0.2) is 11.6 Å². The zero-order valence-electron chi connectivity index (χ0n) is 7.50. The van der Waals surface area contributed by atoms with Crippen LogP contribution in [0.4, 0.5) is 0 Å². The summed E-state index contributed by atoms with van der Waals surface area (Å²) in [7, 11) is 0. The summed E-state index contributed by atoms with van der Waals surface area (Å²) in [6, 6.07) is 0. The summed E-state index contributed by atoms with van der Waals surface area (Å²) < 4.78 is 0. The number of halogens is 2. The van der Waals surface area contributed by atoms with Crippen LogP contribution in [-0.4, -0.2) is 46.8 Å². The maximum Gasteiger partial charge on any atom is 0.180 e. The van der Waals surface area contributed by atoms with E-state index < -0.39 is 11.6 Å². The Labute approximate surface area is 92.1 Å². The van der Waals surface area contributed by atoms with Crippen LogP contribution in [0.1, 0.15) is 0 Å². The van der Waals surface area contributed by atoms with Crippen LogP contribution in [-0.2, 0) is 9.59 Å². The van der Waals surface area contributed by atoms with E-state index in [1.165, 1.54) is 0 Å². The average Bonchev–Trinajstić information content (AvgIpc) is 2.26. The molecule has 0 atom stereocenters. The van der Waals surface area contributed by atoms with Gasteiger partial charge < -0.3 is 10.2 Å². The molecule has 0 spiro atoms. The predicted octanol–water partition coefficient (Wildman–Crippen LogP) is 0.129. The Kier molecular flexibility index (Phi) is 12.2. The summed E-state index contributed by atoms with van der Waals surface area (Å²) in [5.41, 5.74) is -0.120. The third-order valence-electron chi connectivity index (χ3n) is 1.02. The Morgan fingerprint density at radius 2 is 1.29 bits per heavy atom. The fourth-order valence-corrected chi connectivity index (χ4v) is 0.639. The second-order valence-corrected chi connectivity index (χ2v) is 2.57. The van der Waals surface area contributed by atoms with Gasteiger partial charge in [-0.1, -0.05) is 6.58 Å². The van der Waals surface area contributed by atoms with Crippen LogP contribution in [0.2, 0.25) is 0 Å². The fourth-order valence-electron chi connectivity index (χ4n) is 0.317. The van der Waals surface area contributed by atoms with Crippen molar-refractivity contribution >= 4 is 34.8 Å². The smallest absolute Gasteiger partial charge is 0.180 e. The molecule has 0 fully saturated rings. The molecule has 2 N–H and O–H groups in total. The fraction of sp³-hybridized carbons (Fsp3) is 0.500. The Morgan fingerprint density at radius 3 is 1.43 bits per heavy atom. The molecular formula is C8H12Cl2O4. The number of hydrogen-bond acceptors (Lipinski definition) is 4. The normalized spacial score (nSPS) is 8.57. The number of carbonyl (C=O) groups is 2. The number of rotatable bonds is 5. The Morgan fingerprint density at radius 1 is 1.00 bits per heavy atom. The minimum atomic E-state index is -0.465. The van der Waals surface area contributed by atoms with E-state index in [0.29, 0.717) is 0 Å². The van der Waals surface area contributed by atoms with Gasteiger partial charge in [0, 0.05) is 0 Å². The van der Waals surface area contributed by atoms with Crippen LogP contribution in [0.5, 0.6) is 0 Å². The van der Waals surface area contributed by atoms with E-state index in [0.717, 1.165) is 0 Å². The van der Waals surface area contributed by atoms with Gasteiger partial charge in [0.2, 0.25) is 0 Å². The molecule has 0 unspecified atom stereocenters. The van der Waals surface area contributed by atoms with Crippen LogP contribution in [0, 0.1) is 0 Å². The highest BCUT2D eigenvalue weighted by atomic mass is 35.5. The lowest BCUT2D eigenvalue weighted by molar-refractivity contribution is -0.118. The van der Waals surface area contributed by atoms with E-state index in [4.69, 9.17) is 33.4 Å². The number of aliphatic hydroxyl groups is 2. The van der Waals surface area contributed by atoms with E-state index >= 15 is 0 Å². The minimum Gasteiger partial charge on any atom is -0.394 e. The predicted molar refractivity (Wildman–Crippen MR) is 54.8 cm³/mol. The molecule has 0 aliphatic carbocycles. The van der Waals surface area contributed by atoms with Crippen LogP contribution >= 0.6 is 23.2 Å². The van der Waals surface area contributed by atoms with Crippen molar-refractivity contribution in [3.8, 4) is 0 Å². The molecule has 0 heterocycles. The van der Waals surface area contributed by atoms with Gasteiger partial charge in [-0.25, -0.2) is 0 Å². The van der Waals surface area contributed by atoms with Crippen molar-refractivity contribution in [3.63, 3.8) is 0 Å². The Hall–Kier alpha value is -0.420. The van der Waals surface area contributed by atoms with Gasteiger partial charge in [0.1, 0.15) is 0 Å². The lowest BCUT2D eigenvalue weighted by atomic mass is 10.1. The van der Waals surface area contributed by atoms with Crippen molar-refractivity contribution < 1.29 is 19.8 Å². The van der Waals surface area contributed by atoms with E-state index in [2.05, 4.69) is 6.58 Å². The highest BCUT2D eigenvalue weighted by Gasteiger charge is 2.12. The van der Waals surface area contributed by atoms with Crippen LogP contribution in [0.15, 0.2) is 12.2 Å². The largest absolute Gasteiger partial charge is 0.394 e. The van der Waals surface area contributed by atoms with Crippen molar-refractivity contribution in [2.45, 2.75) is 0 Å². The quantitative estimate of drug-likeness (QED) is 0.311. The SMILES string of the molecule is C=C(C(=O)CCl)C(=O)CCl.OCCO. The monoisotopic (exact) mass is 242 g/mol. The zero-order valence-corrected chi connectivity index (χ0v) is 9.01. The number of hydrogen-bond donors (Lipinski definition) is 2. The topological polar surface area (TPSA) is 74.6 Å². The van der Waals surface area contributed by atoms with Gasteiger partial charge in [-0.15, -0.1) is 23.2 Å². The first kappa shape index (κ1) is 16.0. The van der Waals surface area contributed by atoms with Crippen LogP contribution in [0.25, 0.3) is 0 Å². The molecule has 4 nitrogen and oxygen atoms in total. The molecular weight excluding hydrogens is 231 g/mol.